The second kappa shape index (κ2) is 5.25. The summed E-state index contributed by atoms with van der Waals surface area (Å²) < 4.78 is 30.8. The maximum Gasteiger partial charge on any atom is 0.387 e. The Morgan fingerprint density at radius 3 is 2.77 bits per heavy atom. The number of nitrogens with zero attached hydrogens (tertiary/aromatic N) is 2. The number of hydrogen-bond donors (Lipinski definition) is 1. The summed E-state index contributed by atoms with van der Waals surface area (Å²) in [5, 5.41) is 6.17. The Kier molecular flexibility index (Phi) is 3.40. The van der Waals surface area contributed by atoms with Crippen molar-refractivity contribution in [3.8, 4) is 16.9 Å². The van der Waals surface area contributed by atoms with E-state index in [4.69, 9.17) is 0 Å². The fourth-order valence-electron chi connectivity index (χ4n) is 2.73. The molecule has 0 saturated heterocycles. The molecule has 3 aromatic rings. The summed E-state index contributed by atoms with van der Waals surface area (Å²) in [4.78, 5) is 11.9. The van der Waals surface area contributed by atoms with Gasteiger partial charge < -0.3 is 4.74 Å². The SMILES string of the molecule is Cc1c(-c2cccc(OC(F)F)c2)c(C)n2cn[nH]c(=O)c12. The van der Waals surface area contributed by atoms with E-state index in [0.29, 0.717) is 11.1 Å². The van der Waals surface area contributed by atoms with Crippen molar-refractivity contribution in [1.29, 1.82) is 0 Å². The molecule has 3 rings (SSSR count). The molecule has 1 aromatic carbocycles. The maximum absolute atomic E-state index is 12.4. The lowest BCUT2D eigenvalue weighted by Gasteiger charge is -2.07. The monoisotopic (exact) mass is 305 g/mol. The molecule has 114 valence electrons. The van der Waals surface area contributed by atoms with E-state index in [0.717, 1.165) is 16.8 Å². The van der Waals surface area contributed by atoms with E-state index in [1.165, 1.54) is 18.5 Å². The van der Waals surface area contributed by atoms with Crippen LogP contribution >= 0.6 is 0 Å². The van der Waals surface area contributed by atoms with Crippen LogP contribution in [0.5, 0.6) is 5.75 Å². The molecule has 22 heavy (non-hydrogen) atoms. The second-order valence-electron chi connectivity index (χ2n) is 4.90. The molecule has 0 unspecified atom stereocenters. The van der Waals surface area contributed by atoms with Crippen LogP contribution < -0.4 is 10.3 Å². The van der Waals surface area contributed by atoms with Gasteiger partial charge in [-0.1, -0.05) is 12.1 Å². The average Bonchev–Trinajstić information content (AvgIpc) is 2.71. The number of benzene rings is 1. The Balaban J connectivity index is 2.23. The molecule has 0 fully saturated rings. The van der Waals surface area contributed by atoms with Crippen molar-refractivity contribution in [2.45, 2.75) is 20.5 Å². The Hall–Kier alpha value is -2.70. The van der Waals surface area contributed by atoms with Crippen LogP contribution in [0.3, 0.4) is 0 Å². The molecule has 0 radical (unpaired) electrons. The fourth-order valence-corrected chi connectivity index (χ4v) is 2.73. The van der Waals surface area contributed by atoms with Crippen LogP contribution in [0.4, 0.5) is 8.78 Å². The number of aryl methyl sites for hydroxylation is 2. The molecule has 7 heteroatoms. The summed E-state index contributed by atoms with van der Waals surface area (Å²) in [6, 6.07) is 6.42. The zero-order chi connectivity index (χ0) is 15.9. The number of aromatic amines is 1. The summed E-state index contributed by atoms with van der Waals surface area (Å²) in [5.74, 6) is 0.0774. The first-order valence-electron chi connectivity index (χ1n) is 6.59. The van der Waals surface area contributed by atoms with Gasteiger partial charge in [0, 0.05) is 11.3 Å². The summed E-state index contributed by atoms with van der Waals surface area (Å²) in [7, 11) is 0. The predicted molar refractivity (Wildman–Crippen MR) is 77.4 cm³/mol. The highest BCUT2D eigenvalue weighted by Crippen LogP contribution is 2.32. The lowest BCUT2D eigenvalue weighted by Crippen LogP contribution is -2.11. The Morgan fingerprint density at radius 2 is 2.09 bits per heavy atom. The molecule has 5 nitrogen and oxygen atoms in total. The molecule has 0 atom stereocenters. The Labute approximate surface area is 124 Å². The van der Waals surface area contributed by atoms with Crippen molar-refractivity contribution in [3.63, 3.8) is 0 Å². The first kappa shape index (κ1) is 14.2. The normalized spacial score (nSPS) is 11.3. The Morgan fingerprint density at radius 1 is 1.32 bits per heavy atom. The molecule has 0 saturated carbocycles. The topological polar surface area (TPSA) is 59.4 Å². The number of nitrogens with one attached hydrogen (secondary N) is 1. The minimum absolute atomic E-state index is 0.0774. The Bertz CT molecular complexity index is 899. The first-order chi connectivity index (χ1) is 10.5. The van der Waals surface area contributed by atoms with Gasteiger partial charge in [0.05, 0.1) is 0 Å². The van der Waals surface area contributed by atoms with Gasteiger partial charge in [-0.3, -0.25) is 9.20 Å². The van der Waals surface area contributed by atoms with E-state index in [2.05, 4.69) is 14.9 Å². The molecular formula is C15H13F2N3O2. The number of halogens is 2. The molecule has 0 spiro atoms. The number of aromatic nitrogens is 3. The minimum atomic E-state index is -2.88. The highest BCUT2D eigenvalue weighted by molar-refractivity contribution is 5.79. The van der Waals surface area contributed by atoms with E-state index < -0.39 is 6.61 Å². The lowest BCUT2D eigenvalue weighted by atomic mass is 10.0. The van der Waals surface area contributed by atoms with Crippen LogP contribution in [-0.4, -0.2) is 21.2 Å². The number of hydrogen-bond acceptors (Lipinski definition) is 3. The van der Waals surface area contributed by atoms with Crippen LogP contribution in [-0.2, 0) is 0 Å². The summed E-state index contributed by atoms with van der Waals surface area (Å²) in [5.41, 5.74) is 3.27. The zero-order valence-electron chi connectivity index (χ0n) is 11.9. The third-order valence-corrected chi connectivity index (χ3v) is 3.60. The van der Waals surface area contributed by atoms with Gasteiger partial charge in [-0.25, -0.2) is 5.10 Å². The molecule has 0 aliphatic rings. The number of fused-ring (bicyclic) bond motifs is 1. The van der Waals surface area contributed by atoms with Gasteiger partial charge in [0.2, 0.25) is 0 Å². The molecule has 0 amide bonds. The molecule has 2 heterocycles. The van der Waals surface area contributed by atoms with Gasteiger partial charge in [-0.05, 0) is 37.1 Å². The predicted octanol–water partition coefficient (Wildman–Crippen LogP) is 2.91. The van der Waals surface area contributed by atoms with E-state index in [1.807, 2.05) is 13.8 Å². The standard InChI is InChI=1S/C15H13F2N3O2/c1-8-12(9(2)20-7-18-19-14(21)13(8)20)10-4-3-5-11(6-10)22-15(16)17/h3-7,15H,1-2H3,(H,19,21). The third-order valence-electron chi connectivity index (χ3n) is 3.60. The van der Waals surface area contributed by atoms with Crippen molar-refractivity contribution in [3.05, 3.63) is 52.2 Å². The fraction of sp³-hybridized carbons (Fsp3) is 0.200. The van der Waals surface area contributed by atoms with Gasteiger partial charge in [-0.15, -0.1) is 0 Å². The van der Waals surface area contributed by atoms with Crippen molar-refractivity contribution in [2.24, 2.45) is 0 Å². The van der Waals surface area contributed by atoms with Crippen LogP contribution in [0.1, 0.15) is 11.3 Å². The smallest absolute Gasteiger partial charge is 0.387 e. The van der Waals surface area contributed by atoms with Crippen molar-refractivity contribution >= 4 is 5.52 Å². The van der Waals surface area contributed by atoms with E-state index in [1.54, 1.807) is 16.5 Å². The lowest BCUT2D eigenvalue weighted by molar-refractivity contribution is -0.0498. The van der Waals surface area contributed by atoms with Crippen LogP contribution in [0.15, 0.2) is 35.4 Å². The number of H-pyrrole nitrogens is 1. The van der Waals surface area contributed by atoms with E-state index in [9.17, 15) is 13.6 Å². The second-order valence-corrected chi connectivity index (χ2v) is 4.90. The van der Waals surface area contributed by atoms with Crippen molar-refractivity contribution < 1.29 is 13.5 Å². The molecule has 0 aliphatic heterocycles. The summed E-state index contributed by atoms with van der Waals surface area (Å²) >= 11 is 0. The highest BCUT2D eigenvalue weighted by atomic mass is 19.3. The number of ether oxygens (including phenoxy) is 1. The molecule has 0 bridgehead atoms. The molecule has 0 aliphatic carbocycles. The van der Waals surface area contributed by atoms with Crippen LogP contribution in [0.25, 0.3) is 16.6 Å². The van der Waals surface area contributed by atoms with Gasteiger partial charge in [0.1, 0.15) is 17.6 Å². The van der Waals surface area contributed by atoms with E-state index in [-0.39, 0.29) is 11.3 Å². The van der Waals surface area contributed by atoms with Gasteiger partial charge in [0.25, 0.3) is 5.56 Å². The van der Waals surface area contributed by atoms with Gasteiger partial charge in [0.15, 0.2) is 0 Å². The zero-order valence-corrected chi connectivity index (χ0v) is 11.9. The maximum atomic E-state index is 12.4. The minimum Gasteiger partial charge on any atom is -0.435 e. The molecule has 1 N–H and O–H groups in total. The number of alkyl halides is 2. The van der Waals surface area contributed by atoms with Crippen LogP contribution in [0, 0.1) is 13.8 Å². The average molecular weight is 305 g/mol. The molecular weight excluding hydrogens is 292 g/mol. The number of rotatable bonds is 3. The quantitative estimate of drug-likeness (QED) is 0.809. The highest BCUT2D eigenvalue weighted by Gasteiger charge is 2.17. The van der Waals surface area contributed by atoms with Crippen molar-refractivity contribution in [2.75, 3.05) is 0 Å². The largest absolute Gasteiger partial charge is 0.435 e. The van der Waals surface area contributed by atoms with Gasteiger partial charge in [-0.2, -0.15) is 13.9 Å². The third kappa shape index (κ3) is 2.24. The molecule has 2 aromatic heterocycles. The first-order valence-corrected chi connectivity index (χ1v) is 6.59. The summed E-state index contributed by atoms with van der Waals surface area (Å²) in [6.45, 7) is 0.780. The van der Waals surface area contributed by atoms with Gasteiger partial charge >= 0.3 is 6.61 Å². The van der Waals surface area contributed by atoms with Crippen molar-refractivity contribution in [1.82, 2.24) is 14.6 Å². The van der Waals surface area contributed by atoms with E-state index >= 15 is 0 Å². The summed E-state index contributed by atoms with van der Waals surface area (Å²) in [6.07, 6.45) is 1.52. The van der Waals surface area contributed by atoms with Crippen LogP contribution in [0.2, 0.25) is 0 Å².